The number of primary amides is 1. The zero-order chi connectivity index (χ0) is 30.5. The average Bonchev–Trinajstić information content (AvgIpc) is 3.49. The number of phenols is 1. The Morgan fingerprint density at radius 1 is 1.24 bits per heavy atom. The minimum Gasteiger partial charge on any atom is -0.506 e. The number of nitrogens with zero attached hydrogens (tertiary/aromatic N) is 5. The number of aromatic hydroxyl groups is 1. The van der Waals surface area contributed by atoms with Gasteiger partial charge in [-0.25, -0.2) is 14.4 Å². The number of halogens is 3. The molecule has 1 saturated heterocycles. The second kappa shape index (κ2) is 11.2. The van der Waals surface area contributed by atoms with E-state index < -0.39 is 35.4 Å². The molecule has 0 bridgehead atoms. The van der Waals surface area contributed by atoms with Crippen molar-refractivity contribution in [3.05, 3.63) is 62.4 Å². The first-order valence-electron chi connectivity index (χ1n) is 12.7. The van der Waals surface area contributed by atoms with E-state index in [9.17, 15) is 23.9 Å². The van der Waals surface area contributed by atoms with Crippen LogP contribution in [0.4, 0.5) is 15.9 Å². The van der Waals surface area contributed by atoms with Crippen LogP contribution in [0.3, 0.4) is 0 Å². The molecule has 0 spiro atoms. The van der Waals surface area contributed by atoms with Gasteiger partial charge in [-0.2, -0.15) is 0 Å². The fraction of sp³-hybridized carbons (Fsp3) is 0.296. The minimum atomic E-state index is -1.19. The zero-order valence-electron chi connectivity index (χ0n) is 22.7. The highest BCUT2D eigenvalue weighted by Gasteiger charge is 2.34. The van der Waals surface area contributed by atoms with E-state index in [-0.39, 0.29) is 52.0 Å². The first-order chi connectivity index (χ1) is 19.9. The van der Waals surface area contributed by atoms with E-state index in [1.54, 1.807) is 24.9 Å². The highest BCUT2D eigenvalue weighted by atomic mass is 35.5. The van der Waals surface area contributed by atoms with Gasteiger partial charge in [0.2, 0.25) is 5.91 Å². The van der Waals surface area contributed by atoms with Gasteiger partial charge in [0.25, 0.3) is 11.5 Å². The van der Waals surface area contributed by atoms with E-state index in [1.807, 2.05) is 0 Å². The van der Waals surface area contributed by atoms with Gasteiger partial charge in [-0.1, -0.05) is 23.2 Å². The first-order valence-corrected chi connectivity index (χ1v) is 13.4. The molecule has 12 nitrogen and oxygen atoms in total. The van der Waals surface area contributed by atoms with Gasteiger partial charge in [-0.3, -0.25) is 19.0 Å². The van der Waals surface area contributed by atoms with Crippen LogP contribution in [-0.4, -0.2) is 68.5 Å². The van der Waals surface area contributed by atoms with Crippen LogP contribution >= 0.6 is 23.2 Å². The lowest BCUT2D eigenvalue weighted by molar-refractivity contribution is -0.116. The fourth-order valence-electron chi connectivity index (χ4n) is 4.89. The molecule has 42 heavy (non-hydrogen) atoms. The number of anilines is 2. The predicted molar refractivity (Wildman–Crippen MR) is 156 cm³/mol. The van der Waals surface area contributed by atoms with E-state index in [0.29, 0.717) is 22.8 Å². The fourth-order valence-corrected chi connectivity index (χ4v) is 5.26. The molecule has 0 unspecified atom stereocenters. The summed E-state index contributed by atoms with van der Waals surface area (Å²) in [5.74, 6) is -1.09. The van der Waals surface area contributed by atoms with Crippen molar-refractivity contribution < 1.29 is 23.8 Å². The lowest BCUT2D eigenvalue weighted by Crippen LogP contribution is -2.24. The third-order valence-electron chi connectivity index (χ3n) is 7.22. The molecule has 3 aromatic heterocycles. The van der Waals surface area contributed by atoms with E-state index in [1.165, 1.54) is 40.8 Å². The molecule has 4 aromatic rings. The van der Waals surface area contributed by atoms with Gasteiger partial charge >= 0.3 is 0 Å². The standard InChI is InChI=1S/C27H26Cl2FN7O5/c1-12-33-26-23(27(41)35(12)2)15(13-4-14(25(31)40)24(39)16(28)5-13)8-37(26)11-22(38)34-19-6-21(32-7-17(19)29)36-9-18(30)20(10-36)42-3/h4-8,18,20,39H,9-11H2,1-3H3,(H2,31,40)(H,32,34,38)/t18-,20+/m1/s1. The summed E-state index contributed by atoms with van der Waals surface area (Å²) >= 11 is 12.5. The summed E-state index contributed by atoms with van der Waals surface area (Å²) in [6.07, 6.45) is 1.11. The molecule has 1 aromatic carbocycles. The number of nitrogens with two attached hydrogens (primary N) is 1. The average molecular weight is 618 g/mol. The third-order valence-corrected chi connectivity index (χ3v) is 7.80. The van der Waals surface area contributed by atoms with Crippen LogP contribution in [0, 0.1) is 6.92 Å². The van der Waals surface area contributed by atoms with Crippen LogP contribution in [0.1, 0.15) is 16.2 Å². The molecular weight excluding hydrogens is 592 g/mol. The Labute approximate surface area is 248 Å². The molecular formula is C27H26Cl2FN7O5. The van der Waals surface area contributed by atoms with Crippen LogP contribution in [0.15, 0.2) is 35.4 Å². The Morgan fingerprint density at radius 3 is 2.64 bits per heavy atom. The van der Waals surface area contributed by atoms with Crippen LogP contribution in [-0.2, 0) is 23.1 Å². The van der Waals surface area contributed by atoms with Gasteiger partial charge in [0.1, 0.15) is 41.9 Å². The normalized spacial score (nSPS) is 16.8. The molecule has 4 N–H and O–H groups in total. The summed E-state index contributed by atoms with van der Waals surface area (Å²) in [5.41, 5.74) is 5.88. The third kappa shape index (κ3) is 5.26. The van der Waals surface area contributed by atoms with E-state index >= 15 is 0 Å². The van der Waals surface area contributed by atoms with Crippen molar-refractivity contribution in [2.75, 3.05) is 30.4 Å². The number of benzene rings is 1. The number of amides is 2. The smallest absolute Gasteiger partial charge is 0.263 e. The van der Waals surface area contributed by atoms with Gasteiger partial charge in [0.05, 0.1) is 39.4 Å². The number of ether oxygens (including phenoxy) is 1. The number of aromatic nitrogens is 4. The number of carbonyl (C=O) groups is 2. The van der Waals surface area contributed by atoms with E-state index in [2.05, 4.69) is 15.3 Å². The SMILES string of the molecule is CO[C@H]1CN(c2cc(NC(=O)Cn3cc(-c4cc(Cl)c(O)c(C(N)=O)c4)c4c(=O)n(C)c(C)nc43)c(Cl)cn2)C[C@H]1F. The van der Waals surface area contributed by atoms with Crippen molar-refractivity contribution in [3.8, 4) is 16.9 Å². The molecule has 5 rings (SSSR count). The maximum absolute atomic E-state index is 14.2. The number of fused-ring (bicyclic) bond motifs is 1. The molecule has 0 radical (unpaired) electrons. The van der Waals surface area contributed by atoms with Gasteiger partial charge in [-0.15, -0.1) is 0 Å². The Kier molecular flexibility index (Phi) is 7.84. The maximum Gasteiger partial charge on any atom is 0.263 e. The molecule has 220 valence electrons. The van der Waals surface area contributed by atoms with Crippen molar-refractivity contribution in [3.63, 3.8) is 0 Å². The van der Waals surface area contributed by atoms with Crippen LogP contribution < -0.4 is 21.5 Å². The second-order valence-corrected chi connectivity index (χ2v) is 10.7. The lowest BCUT2D eigenvalue weighted by atomic mass is 10.0. The van der Waals surface area contributed by atoms with Crippen molar-refractivity contribution in [1.29, 1.82) is 0 Å². The number of nitrogens with one attached hydrogen (secondary N) is 1. The summed E-state index contributed by atoms with van der Waals surface area (Å²) in [5, 5.41) is 13.1. The van der Waals surface area contributed by atoms with E-state index in [0.717, 1.165) is 0 Å². The molecule has 0 aliphatic carbocycles. The van der Waals surface area contributed by atoms with Gasteiger partial charge < -0.3 is 30.4 Å². The lowest BCUT2D eigenvalue weighted by Gasteiger charge is -2.18. The summed E-state index contributed by atoms with van der Waals surface area (Å²) in [6, 6.07) is 4.25. The highest BCUT2D eigenvalue weighted by molar-refractivity contribution is 6.34. The zero-order valence-corrected chi connectivity index (χ0v) is 24.2. The highest BCUT2D eigenvalue weighted by Crippen LogP contribution is 2.36. The first kappa shape index (κ1) is 29.3. The molecule has 0 saturated carbocycles. The Balaban J connectivity index is 1.51. The maximum atomic E-state index is 14.2. The number of hydrogen-bond donors (Lipinski definition) is 3. The molecule has 1 fully saturated rings. The minimum absolute atomic E-state index is 0.0807. The topological polar surface area (TPSA) is 158 Å². The van der Waals surface area contributed by atoms with Crippen molar-refractivity contribution in [2.45, 2.75) is 25.7 Å². The summed E-state index contributed by atoms with van der Waals surface area (Å²) in [6.45, 7) is 1.74. The number of aryl methyl sites for hydroxylation is 1. The van der Waals surface area contributed by atoms with Gasteiger partial charge in [0.15, 0.2) is 0 Å². The summed E-state index contributed by atoms with van der Waals surface area (Å²) in [4.78, 5) is 49.0. The van der Waals surface area contributed by atoms with Crippen molar-refractivity contribution in [1.82, 2.24) is 19.1 Å². The molecule has 1 aliphatic heterocycles. The monoisotopic (exact) mass is 617 g/mol. The summed E-state index contributed by atoms with van der Waals surface area (Å²) < 4.78 is 22.2. The molecule has 2 amide bonds. The molecule has 1 aliphatic rings. The molecule has 15 heteroatoms. The Hall–Kier alpha value is -4.20. The second-order valence-electron chi connectivity index (χ2n) is 9.88. The number of methoxy groups -OCH3 is 1. The van der Waals surface area contributed by atoms with Crippen molar-refractivity contribution >= 4 is 57.6 Å². The number of hydrogen-bond acceptors (Lipinski definition) is 8. The number of rotatable bonds is 7. The Bertz CT molecular complexity index is 1810. The van der Waals surface area contributed by atoms with Crippen LogP contribution in [0.25, 0.3) is 22.2 Å². The van der Waals surface area contributed by atoms with Crippen LogP contribution in [0.5, 0.6) is 5.75 Å². The quantitative estimate of drug-likeness (QED) is 0.285. The predicted octanol–water partition coefficient (Wildman–Crippen LogP) is 3.03. The molecule has 2 atom stereocenters. The number of alkyl halides is 1. The van der Waals surface area contributed by atoms with Gasteiger partial charge in [-0.05, 0) is 24.6 Å². The van der Waals surface area contributed by atoms with E-state index in [4.69, 9.17) is 33.7 Å². The van der Waals surface area contributed by atoms with Gasteiger partial charge in [0, 0.05) is 38.5 Å². The largest absolute Gasteiger partial charge is 0.506 e. The summed E-state index contributed by atoms with van der Waals surface area (Å²) in [7, 11) is 3.00. The number of pyridine rings is 1. The molecule has 4 heterocycles. The van der Waals surface area contributed by atoms with Crippen molar-refractivity contribution in [2.24, 2.45) is 12.8 Å². The number of carbonyl (C=O) groups excluding carboxylic acids is 2. The van der Waals surface area contributed by atoms with Crippen LogP contribution in [0.2, 0.25) is 10.0 Å². The Morgan fingerprint density at radius 2 is 1.98 bits per heavy atom.